The van der Waals surface area contributed by atoms with Crippen molar-refractivity contribution < 1.29 is 14.3 Å². The minimum Gasteiger partial charge on any atom is -0.478 e. The molecule has 0 saturated carbocycles. The van der Waals surface area contributed by atoms with Crippen LogP contribution in [0.3, 0.4) is 0 Å². The number of hydrogen-bond acceptors (Lipinski definition) is 5. The zero-order chi connectivity index (χ0) is 18.0. The van der Waals surface area contributed by atoms with E-state index in [4.69, 9.17) is 22.4 Å². The molecular formula is C17H13Cl2FN4O2. The number of aromatic nitrogens is 2. The Morgan fingerprint density at radius 3 is 2.42 bits per heavy atom. The molecule has 0 spiro atoms. The van der Waals surface area contributed by atoms with Gasteiger partial charge in [-0.2, -0.15) is 4.98 Å². The number of hydrogen-bond donors (Lipinski definition) is 3. The molecule has 3 aromatic rings. The van der Waals surface area contributed by atoms with E-state index >= 15 is 0 Å². The zero-order valence-electron chi connectivity index (χ0n) is 13.1. The van der Waals surface area contributed by atoms with Crippen molar-refractivity contribution in [2.45, 2.75) is 0 Å². The molecule has 134 valence electrons. The quantitative estimate of drug-likeness (QED) is 0.606. The summed E-state index contributed by atoms with van der Waals surface area (Å²) in [4.78, 5) is 19.2. The Bertz CT molecular complexity index is 952. The molecule has 0 radical (unpaired) electrons. The maximum absolute atomic E-state index is 13.2. The van der Waals surface area contributed by atoms with Gasteiger partial charge in [-0.15, -0.1) is 12.4 Å². The molecule has 0 amide bonds. The van der Waals surface area contributed by atoms with Crippen LogP contribution in [0.15, 0.2) is 48.7 Å². The predicted molar refractivity (Wildman–Crippen MR) is 101 cm³/mol. The van der Waals surface area contributed by atoms with E-state index in [1.807, 2.05) is 0 Å². The number of anilines is 3. The van der Waals surface area contributed by atoms with Gasteiger partial charge in [-0.25, -0.2) is 14.2 Å². The van der Waals surface area contributed by atoms with E-state index in [0.29, 0.717) is 16.8 Å². The third kappa shape index (κ3) is 4.19. The molecule has 1 heterocycles. The number of aromatic carboxylic acids is 1. The molecule has 9 heteroatoms. The molecule has 4 N–H and O–H groups in total. The molecule has 26 heavy (non-hydrogen) atoms. The Labute approximate surface area is 159 Å². The Balaban J connectivity index is 0.00000243. The van der Waals surface area contributed by atoms with Crippen LogP contribution in [0.4, 0.5) is 21.8 Å². The highest BCUT2D eigenvalue weighted by Gasteiger charge is 2.11. The van der Waals surface area contributed by atoms with Gasteiger partial charge in [0.1, 0.15) is 11.6 Å². The lowest BCUT2D eigenvalue weighted by Crippen LogP contribution is -2.03. The molecule has 0 unspecified atom stereocenters. The van der Waals surface area contributed by atoms with Gasteiger partial charge < -0.3 is 16.2 Å². The Kier molecular flexibility index (Phi) is 5.97. The number of carboxylic acids is 1. The second-order valence-electron chi connectivity index (χ2n) is 5.12. The predicted octanol–water partition coefficient (Wildman–Crippen LogP) is 4.38. The van der Waals surface area contributed by atoms with E-state index in [0.717, 1.165) is 0 Å². The lowest BCUT2D eigenvalue weighted by Gasteiger charge is -2.10. The second-order valence-corrected chi connectivity index (χ2v) is 5.53. The normalized spacial score (nSPS) is 10.1. The van der Waals surface area contributed by atoms with Crippen molar-refractivity contribution in [3.63, 3.8) is 0 Å². The number of nitrogens with two attached hydrogens (primary N) is 1. The van der Waals surface area contributed by atoms with Crippen molar-refractivity contribution in [2.24, 2.45) is 0 Å². The van der Waals surface area contributed by atoms with Gasteiger partial charge in [0.15, 0.2) is 0 Å². The van der Waals surface area contributed by atoms with Crippen molar-refractivity contribution in [3.8, 4) is 11.1 Å². The number of rotatable bonds is 4. The molecule has 0 bridgehead atoms. The average molecular weight is 395 g/mol. The lowest BCUT2D eigenvalue weighted by molar-refractivity contribution is 0.0697. The fourth-order valence-electron chi connectivity index (χ4n) is 2.20. The molecule has 0 fully saturated rings. The van der Waals surface area contributed by atoms with Gasteiger partial charge in [-0.3, -0.25) is 0 Å². The van der Waals surface area contributed by atoms with Crippen molar-refractivity contribution in [3.05, 3.63) is 65.1 Å². The highest BCUT2D eigenvalue weighted by molar-refractivity contribution is 6.33. The van der Waals surface area contributed by atoms with Crippen LogP contribution in [0.1, 0.15) is 10.4 Å². The van der Waals surface area contributed by atoms with Crippen LogP contribution in [0.2, 0.25) is 5.02 Å². The Morgan fingerprint density at radius 1 is 1.15 bits per heavy atom. The Morgan fingerprint density at radius 2 is 1.85 bits per heavy atom. The summed E-state index contributed by atoms with van der Waals surface area (Å²) in [5.74, 6) is -1.04. The van der Waals surface area contributed by atoms with E-state index in [1.54, 1.807) is 12.1 Å². The van der Waals surface area contributed by atoms with Gasteiger partial charge in [0.25, 0.3) is 0 Å². The fraction of sp³-hybridized carbons (Fsp3) is 0. The third-order valence-electron chi connectivity index (χ3n) is 3.43. The summed E-state index contributed by atoms with van der Waals surface area (Å²) >= 11 is 6.03. The topological polar surface area (TPSA) is 101 Å². The average Bonchev–Trinajstić information content (AvgIpc) is 2.56. The number of nitrogen functional groups attached to an aromatic ring is 1. The maximum Gasteiger partial charge on any atom is 0.335 e. The largest absolute Gasteiger partial charge is 0.478 e. The van der Waals surface area contributed by atoms with Gasteiger partial charge in [-0.1, -0.05) is 11.6 Å². The molecule has 0 aliphatic rings. The van der Waals surface area contributed by atoms with Crippen molar-refractivity contribution >= 4 is 47.4 Å². The molecular weight excluding hydrogens is 382 g/mol. The standard InChI is InChI=1S/C17H12ClFN4O2.ClH/c18-14-7-10(19)3-6-12(14)13-8-21-17(23-15(13)20)22-11-4-1-9(2-5-11)16(24)25;/h1-8H,(H,24,25)(H3,20,21,22,23);1H. The summed E-state index contributed by atoms with van der Waals surface area (Å²) in [6, 6.07) is 10.1. The van der Waals surface area contributed by atoms with Crippen molar-refractivity contribution in [1.29, 1.82) is 0 Å². The number of halogens is 3. The molecule has 0 aliphatic carbocycles. The number of nitrogens with one attached hydrogen (secondary N) is 1. The van der Waals surface area contributed by atoms with Gasteiger partial charge in [0.2, 0.25) is 5.95 Å². The van der Waals surface area contributed by atoms with Gasteiger partial charge >= 0.3 is 5.97 Å². The first-order chi connectivity index (χ1) is 11.9. The lowest BCUT2D eigenvalue weighted by atomic mass is 10.1. The summed E-state index contributed by atoms with van der Waals surface area (Å²) in [7, 11) is 0. The van der Waals surface area contributed by atoms with Gasteiger partial charge in [0.05, 0.1) is 10.6 Å². The summed E-state index contributed by atoms with van der Waals surface area (Å²) in [5.41, 5.74) is 7.75. The SMILES string of the molecule is Cl.Nc1nc(Nc2ccc(C(=O)O)cc2)ncc1-c1ccc(F)cc1Cl. The first-order valence-corrected chi connectivity index (χ1v) is 7.50. The first kappa shape index (κ1) is 19.4. The number of carboxylic acid groups (broad SMARTS) is 1. The minimum absolute atomic E-state index is 0. The smallest absolute Gasteiger partial charge is 0.335 e. The highest BCUT2D eigenvalue weighted by atomic mass is 35.5. The molecule has 6 nitrogen and oxygen atoms in total. The van der Waals surface area contributed by atoms with Crippen LogP contribution in [-0.4, -0.2) is 21.0 Å². The van der Waals surface area contributed by atoms with Crippen molar-refractivity contribution in [2.75, 3.05) is 11.1 Å². The third-order valence-corrected chi connectivity index (χ3v) is 3.74. The van der Waals surface area contributed by atoms with Gasteiger partial charge in [0, 0.05) is 23.0 Å². The zero-order valence-corrected chi connectivity index (χ0v) is 14.7. The minimum atomic E-state index is -1.01. The van der Waals surface area contributed by atoms with E-state index in [9.17, 15) is 9.18 Å². The van der Waals surface area contributed by atoms with E-state index in [1.165, 1.54) is 36.5 Å². The van der Waals surface area contributed by atoms with E-state index in [2.05, 4.69) is 15.3 Å². The number of carbonyl (C=O) groups is 1. The monoisotopic (exact) mass is 394 g/mol. The van der Waals surface area contributed by atoms with Crippen LogP contribution >= 0.6 is 24.0 Å². The number of nitrogens with zero attached hydrogens (tertiary/aromatic N) is 2. The summed E-state index contributed by atoms with van der Waals surface area (Å²) in [6.45, 7) is 0. The first-order valence-electron chi connectivity index (χ1n) is 7.12. The van der Waals surface area contributed by atoms with Crippen LogP contribution in [-0.2, 0) is 0 Å². The summed E-state index contributed by atoms with van der Waals surface area (Å²) < 4.78 is 13.2. The van der Waals surface area contributed by atoms with Crippen LogP contribution in [0, 0.1) is 5.82 Å². The van der Waals surface area contributed by atoms with E-state index in [-0.39, 0.29) is 34.8 Å². The maximum atomic E-state index is 13.2. The molecule has 0 saturated heterocycles. The van der Waals surface area contributed by atoms with E-state index < -0.39 is 11.8 Å². The summed E-state index contributed by atoms with van der Waals surface area (Å²) in [6.07, 6.45) is 1.48. The van der Waals surface area contributed by atoms with Crippen molar-refractivity contribution in [1.82, 2.24) is 9.97 Å². The fourth-order valence-corrected chi connectivity index (χ4v) is 2.46. The van der Waals surface area contributed by atoms with Gasteiger partial charge in [-0.05, 0) is 42.5 Å². The second kappa shape index (κ2) is 7.99. The molecule has 3 rings (SSSR count). The molecule has 0 atom stereocenters. The molecule has 0 aliphatic heterocycles. The Hall–Kier alpha value is -2.90. The van der Waals surface area contributed by atoms with Crippen LogP contribution < -0.4 is 11.1 Å². The highest BCUT2D eigenvalue weighted by Crippen LogP contribution is 2.31. The molecule has 2 aromatic carbocycles. The number of benzene rings is 2. The van der Waals surface area contributed by atoms with Crippen LogP contribution in [0.5, 0.6) is 0 Å². The molecule has 1 aromatic heterocycles. The van der Waals surface area contributed by atoms with Crippen LogP contribution in [0.25, 0.3) is 11.1 Å². The summed E-state index contributed by atoms with van der Waals surface area (Å²) in [5, 5.41) is 12.0.